The van der Waals surface area contributed by atoms with Crippen LogP contribution >= 0.6 is 0 Å². The zero-order valence-corrected chi connectivity index (χ0v) is 9.98. The molecule has 0 aliphatic carbocycles. The normalized spacial score (nSPS) is 10.5. The quantitative estimate of drug-likeness (QED) is 0.578. The van der Waals surface area contributed by atoms with Crippen molar-refractivity contribution in [1.82, 2.24) is 5.32 Å². The van der Waals surface area contributed by atoms with Crippen LogP contribution in [0.5, 0.6) is 11.5 Å². The number of aliphatic hydroxyl groups is 1. The molecule has 1 aromatic rings. The van der Waals surface area contributed by atoms with Crippen LogP contribution in [0.25, 0.3) is 0 Å². The third kappa shape index (κ3) is 5.04. The highest BCUT2D eigenvalue weighted by molar-refractivity contribution is 5.41. The van der Waals surface area contributed by atoms with Crippen molar-refractivity contribution in [2.24, 2.45) is 0 Å². The lowest BCUT2D eigenvalue weighted by molar-refractivity contribution is 0.0938. The van der Waals surface area contributed by atoms with Crippen molar-refractivity contribution in [3.63, 3.8) is 0 Å². The number of ether oxygens (including phenoxy) is 2. The topological polar surface area (TPSA) is 71.0 Å². The average Bonchev–Trinajstić information content (AvgIpc) is 2.34. The second-order valence-corrected chi connectivity index (χ2v) is 3.52. The van der Waals surface area contributed by atoms with Gasteiger partial charge in [0.2, 0.25) is 0 Å². The molecule has 1 aromatic carbocycles. The van der Waals surface area contributed by atoms with Crippen LogP contribution in [-0.2, 0) is 11.3 Å². The molecule has 0 radical (unpaired) electrons. The van der Waals surface area contributed by atoms with Gasteiger partial charge in [-0.25, -0.2) is 0 Å². The number of aliphatic hydroxyl groups excluding tert-OH is 1. The minimum atomic E-state index is 0.0480. The summed E-state index contributed by atoms with van der Waals surface area (Å²) in [6, 6.07) is 5.29. The fourth-order valence-corrected chi connectivity index (χ4v) is 1.39. The Morgan fingerprint density at radius 3 is 2.76 bits per heavy atom. The summed E-state index contributed by atoms with van der Waals surface area (Å²) in [5.74, 6) is 0.614. The van der Waals surface area contributed by atoms with Crippen LogP contribution in [-0.4, -0.2) is 43.7 Å². The lowest BCUT2D eigenvalue weighted by Gasteiger charge is -2.08. The summed E-state index contributed by atoms with van der Waals surface area (Å²) in [4.78, 5) is 0. The Labute approximate surface area is 101 Å². The molecule has 0 amide bonds. The van der Waals surface area contributed by atoms with E-state index in [2.05, 4.69) is 5.32 Å². The van der Waals surface area contributed by atoms with Crippen LogP contribution < -0.4 is 10.1 Å². The van der Waals surface area contributed by atoms with Crippen molar-refractivity contribution in [2.75, 3.05) is 33.5 Å². The van der Waals surface area contributed by atoms with Crippen LogP contribution in [0.4, 0.5) is 0 Å². The van der Waals surface area contributed by atoms with E-state index in [1.165, 1.54) is 7.11 Å². The van der Waals surface area contributed by atoms with Crippen molar-refractivity contribution < 1.29 is 19.7 Å². The summed E-state index contributed by atoms with van der Waals surface area (Å²) < 4.78 is 10.1. The molecule has 0 spiro atoms. The van der Waals surface area contributed by atoms with E-state index in [4.69, 9.17) is 14.6 Å². The zero-order valence-electron chi connectivity index (χ0n) is 9.98. The van der Waals surface area contributed by atoms with Gasteiger partial charge in [0.25, 0.3) is 0 Å². The first-order chi connectivity index (χ1) is 8.27. The number of methoxy groups -OCH3 is 1. The Balaban J connectivity index is 2.25. The van der Waals surface area contributed by atoms with Crippen molar-refractivity contribution in [3.8, 4) is 11.5 Å². The molecule has 5 heteroatoms. The van der Waals surface area contributed by atoms with Crippen LogP contribution in [0.3, 0.4) is 0 Å². The van der Waals surface area contributed by atoms with Crippen LogP contribution in [0.2, 0.25) is 0 Å². The van der Waals surface area contributed by atoms with E-state index in [0.717, 1.165) is 5.56 Å². The van der Waals surface area contributed by atoms with Crippen LogP contribution in [0.1, 0.15) is 5.56 Å². The van der Waals surface area contributed by atoms with Crippen molar-refractivity contribution in [2.45, 2.75) is 6.54 Å². The first-order valence-corrected chi connectivity index (χ1v) is 5.53. The lowest BCUT2D eigenvalue weighted by Crippen LogP contribution is -2.19. The Morgan fingerprint density at radius 2 is 2.12 bits per heavy atom. The third-order valence-electron chi connectivity index (χ3n) is 2.23. The highest BCUT2D eigenvalue weighted by Gasteiger charge is 2.01. The molecule has 0 saturated heterocycles. The Hall–Kier alpha value is -1.30. The third-order valence-corrected chi connectivity index (χ3v) is 2.23. The summed E-state index contributed by atoms with van der Waals surface area (Å²) in [6.45, 7) is 2.33. The maximum Gasteiger partial charge on any atom is 0.160 e. The minimum Gasteiger partial charge on any atom is -0.504 e. The number of aromatic hydroxyl groups is 1. The highest BCUT2D eigenvalue weighted by atomic mass is 16.5. The fourth-order valence-electron chi connectivity index (χ4n) is 1.39. The lowest BCUT2D eigenvalue weighted by atomic mass is 10.2. The summed E-state index contributed by atoms with van der Waals surface area (Å²) in [5, 5.41) is 21.2. The van der Waals surface area contributed by atoms with E-state index < -0.39 is 0 Å². The summed E-state index contributed by atoms with van der Waals surface area (Å²) >= 11 is 0. The van der Waals surface area contributed by atoms with Gasteiger partial charge in [-0.1, -0.05) is 6.07 Å². The molecular weight excluding hydrogens is 222 g/mol. The molecule has 0 aromatic heterocycles. The van der Waals surface area contributed by atoms with Crippen molar-refractivity contribution in [1.29, 1.82) is 0 Å². The molecule has 0 atom stereocenters. The van der Waals surface area contributed by atoms with E-state index >= 15 is 0 Å². The molecule has 0 fully saturated rings. The van der Waals surface area contributed by atoms with Gasteiger partial charge in [0.05, 0.1) is 26.9 Å². The van der Waals surface area contributed by atoms with Gasteiger partial charge in [-0.2, -0.15) is 0 Å². The van der Waals surface area contributed by atoms with Gasteiger partial charge in [-0.05, 0) is 17.7 Å². The monoisotopic (exact) mass is 241 g/mol. The number of rotatable bonds is 8. The highest BCUT2D eigenvalue weighted by Crippen LogP contribution is 2.25. The number of hydrogen-bond acceptors (Lipinski definition) is 5. The number of nitrogens with one attached hydrogen (secondary N) is 1. The fraction of sp³-hybridized carbons (Fsp3) is 0.500. The molecule has 0 unspecified atom stereocenters. The van der Waals surface area contributed by atoms with Gasteiger partial charge >= 0.3 is 0 Å². The average molecular weight is 241 g/mol. The maximum absolute atomic E-state index is 9.56. The summed E-state index contributed by atoms with van der Waals surface area (Å²) in [5.41, 5.74) is 0.977. The van der Waals surface area contributed by atoms with E-state index in [-0.39, 0.29) is 12.4 Å². The molecule has 96 valence electrons. The molecule has 5 nitrogen and oxygen atoms in total. The Kier molecular flexibility index (Phi) is 6.39. The first-order valence-electron chi connectivity index (χ1n) is 5.53. The van der Waals surface area contributed by atoms with E-state index in [9.17, 15) is 5.11 Å². The van der Waals surface area contributed by atoms with E-state index in [0.29, 0.717) is 32.1 Å². The number of phenolic OH excluding ortho intramolecular Hbond substituents is 1. The first kappa shape index (κ1) is 13.8. The van der Waals surface area contributed by atoms with Gasteiger partial charge in [0.1, 0.15) is 0 Å². The SMILES string of the molecule is COc1ccc(CNCCOCCO)cc1O. The summed E-state index contributed by atoms with van der Waals surface area (Å²) in [7, 11) is 1.52. The number of hydrogen-bond donors (Lipinski definition) is 3. The molecule has 3 N–H and O–H groups in total. The second-order valence-electron chi connectivity index (χ2n) is 3.52. The zero-order chi connectivity index (χ0) is 12.5. The van der Waals surface area contributed by atoms with Gasteiger partial charge in [-0.15, -0.1) is 0 Å². The van der Waals surface area contributed by atoms with Gasteiger partial charge in [0.15, 0.2) is 11.5 Å². The predicted octanol–water partition coefficient (Wildman–Crippen LogP) is 0.499. The van der Waals surface area contributed by atoms with E-state index in [1.54, 1.807) is 12.1 Å². The Bertz CT molecular complexity index is 330. The molecule has 0 heterocycles. The molecule has 1 rings (SSSR count). The van der Waals surface area contributed by atoms with Gasteiger partial charge < -0.3 is 25.0 Å². The molecular formula is C12H19NO4. The van der Waals surface area contributed by atoms with E-state index in [1.807, 2.05) is 6.07 Å². The second kappa shape index (κ2) is 7.89. The van der Waals surface area contributed by atoms with Crippen molar-refractivity contribution >= 4 is 0 Å². The van der Waals surface area contributed by atoms with Crippen molar-refractivity contribution in [3.05, 3.63) is 23.8 Å². The molecule has 0 saturated carbocycles. The molecule has 17 heavy (non-hydrogen) atoms. The molecule has 0 aliphatic heterocycles. The smallest absolute Gasteiger partial charge is 0.160 e. The maximum atomic E-state index is 9.56. The van der Waals surface area contributed by atoms with Crippen LogP contribution in [0, 0.1) is 0 Å². The Morgan fingerprint density at radius 1 is 1.29 bits per heavy atom. The standard InChI is InChI=1S/C12H19NO4/c1-16-12-3-2-10(8-11(12)15)9-13-4-6-17-7-5-14/h2-3,8,13-15H,4-7,9H2,1H3. The predicted molar refractivity (Wildman–Crippen MR) is 64.3 cm³/mol. The number of benzene rings is 1. The molecule has 0 bridgehead atoms. The van der Waals surface area contributed by atoms with Gasteiger partial charge in [-0.3, -0.25) is 0 Å². The summed E-state index contributed by atoms with van der Waals surface area (Å²) in [6.07, 6.45) is 0. The van der Waals surface area contributed by atoms with Crippen LogP contribution in [0.15, 0.2) is 18.2 Å². The largest absolute Gasteiger partial charge is 0.504 e. The molecule has 0 aliphatic rings. The number of phenols is 1. The minimum absolute atomic E-state index is 0.0480. The van der Waals surface area contributed by atoms with Gasteiger partial charge in [0, 0.05) is 13.1 Å².